The fraction of sp³-hybridized carbons (Fsp3) is 0.364. The third-order valence-corrected chi connectivity index (χ3v) is 2.77. The van der Waals surface area contributed by atoms with Crippen molar-refractivity contribution in [2.75, 3.05) is 11.1 Å². The van der Waals surface area contributed by atoms with Crippen LogP contribution in [0.5, 0.6) is 0 Å². The molecule has 0 saturated carbocycles. The first kappa shape index (κ1) is 11.2. The van der Waals surface area contributed by atoms with E-state index in [4.69, 9.17) is 5.73 Å². The van der Waals surface area contributed by atoms with E-state index in [0.717, 1.165) is 22.9 Å². The van der Waals surface area contributed by atoms with Gasteiger partial charge in [0, 0.05) is 23.0 Å². The lowest BCUT2D eigenvalue weighted by molar-refractivity contribution is 0.0981. The lowest BCUT2D eigenvalue weighted by atomic mass is 10.0. The Morgan fingerprint density at radius 3 is 2.86 bits per heavy atom. The molecule has 0 unspecified atom stereocenters. The zero-order valence-electron chi connectivity index (χ0n) is 8.22. The van der Waals surface area contributed by atoms with Gasteiger partial charge in [-0.05, 0) is 25.0 Å². The van der Waals surface area contributed by atoms with Crippen LogP contribution in [0.25, 0.3) is 0 Å². The Kier molecular flexibility index (Phi) is 4.14. The van der Waals surface area contributed by atoms with Crippen LogP contribution in [-0.2, 0) is 0 Å². The predicted octanol–water partition coefficient (Wildman–Crippen LogP) is 2.94. The molecule has 2 N–H and O–H groups in total. The highest BCUT2D eigenvalue weighted by molar-refractivity contribution is 9.09. The number of hydrogen-bond donors (Lipinski definition) is 1. The second-order valence-electron chi connectivity index (χ2n) is 3.24. The number of hydrogen-bond acceptors (Lipinski definition) is 2. The minimum atomic E-state index is 0.175. The Morgan fingerprint density at radius 2 is 2.21 bits per heavy atom. The highest BCUT2D eigenvalue weighted by Crippen LogP contribution is 2.17. The average Bonchev–Trinajstić information content (AvgIpc) is 2.18. The van der Waals surface area contributed by atoms with Gasteiger partial charge in [0.15, 0.2) is 5.78 Å². The molecule has 0 aliphatic rings. The summed E-state index contributed by atoms with van der Waals surface area (Å²) >= 11 is 3.31. The van der Waals surface area contributed by atoms with Crippen molar-refractivity contribution in [3.8, 4) is 0 Å². The van der Waals surface area contributed by atoms with Crippen LogP contribution in [0, 0.1) is 6.92 Å². The Hall–Kier alpha value is -0.830. The smallest absolute Gasteiger partial charge is 0.163 e. The van der Waals surface area contributed by atoms with Gasteiger partial charge in [0.2, 0.25) is 0 Å². The summed E-state index contributed by atoms with van der Waals surface area (Å²) in [7, 11) is 0. The molecule has 0 bridgehead atoms. The molecule has 0 atom stereocenters. The Labute approximate surface area is 92.6 Å². The van der Waals surface area contributed by atoms with Crippen LogP contribution in [0.15, 0.2) is 18.2 Å². The van der Waals surface area contributed by atoms with Crippen molar-refractivity contribution in [1.29, 1.82) is 0 Å². The maximum Gasteiger partial charge on any atom is 0.163 e. The molecule has 0 fully saturated rings. The van der Waals surface area contributed by atoms with Gasteiger partial charge in [0.05, 0.1) is 0 Å². The van der Waals surface area contributed by atoms with Crippen molar-refractivity contribution in [3.05, 3.63) is 29.3 Å². The van der Waals surface area contributed by atoms with Crippen LogP contribution in [0.2, 0.25) is 0 Å². The van der Waals surface area contributed by atoms with Crippen molar-refractivity contribution in [2.24, 2.45) is 0 Å². The molecule has 1 rings (SSSR count). The molecule has 3 heteroatoms. The van der Waals surface area contributed by atoms with Gasteiger partial charge >= 0.3 is 0 Å². The standard InChI is InChI=1S/C11H14BrNO/c1-8-9(4-2-5-10(8)13)11(14)6-3-7-12/h2,4-5H,3,6-7,13H2,1H3. The highest BCUT2D eigenvalue weighted by atomic mass is 79.9. The summed E-state index contributed by atoms with van der Waals surface area (Å²) in [5.74, 6) is 0.175. The van der Waals surface area contributed by atoms with Gasteiger partial charge in [-0.1, -0.05) is 28.1 Å². The summed E-state index contributed by atoms with van der Waals surface area (Å²) in [5, 5.41) is 0.861. The van der Waals surface area contributed by atoms with Crippen LogP contribution < -0.4 is 5.73 Å². The first-order valence-electron chi connectivity index (χ1n) is 4.61. The second kappa shape index (κ2) is 5.15. The maximum absolute atomic E-state index is 11.7. The van der Waals surface area contributed by atoms with Crippen molar-refractivity contribution in [3.63, 3.8) is 0 Å². The molecular formula is C11H14BrNO. The summed E-state index contributed by atoms with van der Waals surface area (Å²) in [4.78, 5) is 11.7. The molecule has 0 spiro atoms. The molecule has 14 heavy (non-hydrogen) atoms. The van der Waals surface area contributed by atoms with Crippen LogP contribution in [0.1, 0.15) is 28.8 Å². The molecule has 0 aromatic heterocycles. The molecule has 0 radical (unpaired) electrons. The Morgan fingerprint density at radius 1 is 1.50 bits per heavy atom. The van der Waals surface area contributed by atoms with Gasteiger partial charge in [0.25, 0.3) is 0 Å². The van der Waals surface area contributed by atoms with E-state index in [1.807, 2.05) is 25.1 Å². The zero-order valence-corrected chi connectivity index (χ0v) is 9.80. The van der Waals surface area contributed by atoms with Crippen LogP contribution in [-0.4, -0.2) is 11.1 Å². The number of nitrogen functional groups attached to an aromatic ring is 1. The van der Waals surface area contributed by atoms with Gasteiger partial charge in [-0.2, -0.15) is 0 Å². The largest absolute Gasteiger partial charge is 0.398 e. The second-order valence-corrected chi connectivity index (χ2v) is 4.03. The summed E-state index contributed by atoms with van der Waals surface area (Å²) in [6, 6.07) is 5.47. The van der Waals surface area contributed by atoms with Gasteiger partial charge in [-0.15, -0.1) is 0 Å². The summed E-state index contributed by atoms with van der Waals surface area (Å²) < 4.78 is 0. The van der Waals surface area contributed by atoms with Crippen molar-refractivity contribution in [2.45, 2.75) is 19.8 Å². The van der Waals surface area contributed by atoms with Crippen molar-refractivity contribution >= 4 is 27.4 Å². The van der Waals surface area contributed by atoms with Crippen molar-refractivity contribution < 1.29 is 4.79 Å². The molecule has 76 valence electrons. The molecule has 0 heterocycles. The summed E-state index contributed by atoms with van der Waals surface area (Å²) in [6.45, 7) is 1.89. The van der Waals surface area contributed by atoms with E-state index in [9.17, 15) is 4.79 Å². The van der Waals surface area contributed by atoms with E-state index < -0.39 is 0 Å². The summed E-state index contributed by atoms with van der Waals surface area (Å²) in [5.41, 5.74) is 8.07. The molecule has 2 nitrogen and oxygen atoms in total. The van der Waals surface area contributed by atoms with E-state index in [0.29, 0.717) is 12.1 Å². The van der Waals surface area contributed by atoms with Gasteiger partial charge in [0.1, 0.15) is 0 Å². The average molecular weight is 256 g/mol. The van der Waals surface area contributed by atoms with Gasteiger partial charge in [-0.3, -0.25) is 4.79 Å². The highest BCUT2D eigenvalue weighted by Gasteiger charge is 2.09. The first-order chi connectivity index (χ1) is 6.66. The maximum atomic E-state index is 11.7. The number of alkyl halides is 1. The third kappa shape index (κ3) is 2.58. The van der Waals surface area contributed by atoms with Gasteiger partial charge < -0.3 is 5.73 Å². The zero-order chi connectivity index (χ0) is 10.6. The number of halogens is 1. The first-order valence-corrected chi connectivity index (χ1v) is 5.73. The number of carbonyl (C=O) groups is 1. The lowest BCUT2D eigenvalue weighted by Crippen LogP contribution is -2.04. The van der Waals surface area contributed by atoms with E-state index >= 15 is 0 Å². The normalized spacial score (nSPS) is 10.1. The van der Waals surface area contributed by atoms with E-state index in [2.05, 4.69) is 15.9 Å². The summed E-state index contributed by atoms with van der Waals surface area (Å²) in [6.07, 6.45) is 1.45. The minimum Gasteiger partial charge on any atom is -0.398 e. The molecule has 1 aromatic rings. The topological polar surface area (TPSA) is 43.1 Å². The monoisotopic (exact) mass is 255 g/mol. The van der Waals surface area contributed by atoms with Gasteiger partial charge in [-0.25, -0.2) is 0 Å². The number of carbonyl (C=O) groups excluding carboxylic acids is 1. The van der Waals surface area contributed by atoms with E-state index in [1.165, 1.54) is 0 Å². The number of ketones is 1. The number of benzene rings is 1. The molecule has 0 saturated heterocycles. The predicted molar refractivity (Wildman–Crippen MR) is 62.9 cm³/mol. The number of nitrogens with two attached hydrogens (primary N) is 1. The van der Waals surface area contributed by atoms with Crippen LogP contribution >= 0.6 is 15.9 Å². The fourth-order valence-electron chi connectivity index (χ4n) is 1.32. The molecule has 0 aliphatic carbocycles. The lowest BCUT2D eigenvalue weighted by Gasteiger charge is -2.06. The van der Waals surface area contributed by atoms with E-state index in [1.54, 1.807) is 0 Å². The quantitative estimate of drug-likeness (QED) is 0.511. The molecular weight excluding hydrogens is 242 g/mol. The molecule has 0 aliphatic heterocycles. The SMILES string of the molecule is Cc1c(N)cccc1C(=O)CCCBr. The number of anilines is 1. The van der Waals surface area contributed by atoms with E-state index in [-0.39, 0.29) is 5.78 Å². The van der Waals surface area contributed by atoms with Crippen LogP contribution in [0.3, 0.4) is 0 Å². The fourth-order valence-corrected chi connectivity index (χ4v) is 1.60. The third-order valence-electron chi connectivity index (χ3n) is 2.21. The molecule has 1 aromatic carbocycles. The minimum absolute atomic E-state index is 0.175. The Bertz CT molecular complexity index is 336. The van der Waals surface area contributed by atoms with Crippen LogP contribution in [0.4, 0.5) is 5.69 Å². The van der Waals surface area contributed by atoms with Crippen molar-refractivity contribution in [1.82, 2.24) is 0 Å². The number of rotatable bonds is 4. The number of Topliss-reactive ketones (excluding diaryl/α,β-unsaturated/α-hetero) is 1. The Balaban J connectivity index is 2.84. The molecule has 0 amide bonds.